The second-order valence-corrected chi connectivity index (χ2v) is 3.16. The van der Waals surface area contributed by atoms with Gasteiger partial charge in [-0.1, -0.05) is 0 Å². The molecule has 15 heavy (non-hydrogen) atoms. The van der Waals surface area contributed by atoms with Crippen LogP contribution in [-0.4, -0.2) is 21.8 Å². The highest BCUT2D eigenvalue weighted by molar-refractivity contribution is 5.56. The minimum atomic E-state index is -0.255. The first-order valence-electron chi connectivity index (χ1n) is 4.55. The molecule has 0 radical (unpaired) electrons. The molecular formula is C10H11FN4. The molecule has 0 aliphatic carbocycles. The van der Waals surface area contributed by atoms with Gasteiger partial charge in [0.1, 0.15) is 5.82 Å². The average molecular weight is 206 g/mol. The van der Waals surface area contributed by atoms with Crippen LogP contribution in [0.4, 0.5) is 10.3 Å². The maximum Gasteiger partial charge on any atom is 0.224 e. The zero-order valence-electron chi connectivity index (χ0n) is 8.53. The summed E-state index contributed by atoms with van der Waals surface area (Å²) < 4.78 is 14.5. The average Bonchev–Trinajstić information content (AvgIpc) is 2.61. The molecule has 0 amide bonds. The van der Waals surface area contributed by atoms with E-state index in [-0.39, 0.29) is 5.82 Å². The number of nitrogens with zero attached hydrogens (tertiary/aromatic N) is 3. The zero-order chi connectivity index (χ0) is 10.8. The van der Waals surface area contributed by atoms with E-state index in [9.17, 15) is 4.39 Å². The third-order valence-corrected chi connectivity index (χ3v) is 2.20. The van der Waals surface area contributed by atoms with E-state index < -0.39 is 0 Å². The summed E-state index contributed by atoms with van der Waals surface area (Å²) in [6.45, 7) is 0. The Morgan fingerprint density at radius 2 is 1.87 bits per heavy atom. The molecule has 0 unspecified atom stereocenters. The molecule has 1 aromatic heterocycles. The lowest BCUT2D eigenvalue weighted by Gasteiger charge is -2.02. The lowest BCUT2D eigenvalue weighted by Crippen LogP contribution is -1.99. The van der Waals surface area contributed by atoms with Gasteiger partial charge in [0.15, 0.2) is 5.82 Å². The summed E-state index contributed by atoms with van der Waals surface area (Å²) in [5.41, 5.74) is 0.841. The maximum absolute atomic E-state index is 12.7. The molecule has 2 aromatic rings. The minimum Gasteiger partial charge on any atom is -0.357 e. The van der Waals surface area contributed by atoms with Crippen LogP contribution in [0.5, 0.6) is 0 Å². The zero-order valence-corrected chi connectivity index (χ0v) is 8.53. The van der Waals surface area contributed by atoms with Crippen molar-refractivity contribution >= 4 is 5.95 Å². The summed E-state index contributed by atoms with van der Waals surface area (Å²) in [5, 5.41) is 10.9. The molecule has 4 nitrogen and oxygen atoms in total. The smallest absolute Gasteiger partial charge is 0.224 e. The van der Waals surface area contributed by atoms with Crippen LogP contribution in [0, 0.1) is 5.82 Å². The molecule has 0 atom stereocenters. The van der Waals surface area contributed by atoms with Crippen molar-refractivity contribution in [3.63, 3.8) is 0 Å². The van der Waals surface area contributed by atoms with Crippen LogP contribution in [-0.2, 0) is 7.05 Å². The van der Waals surface area contributed by atoms with Gasteiger partial charge in [0.05, 0.1) is 0 Å². The third kappa shape index (κ3) is 1.68. The van der Waals surface area contributed by atoms with E-state index in [1.807, 2.05) is 11.6 Å². The van der Waals surface area contributed by atoms with Gasteiger partial charge < -0.3 is 5.32 Å². The standard InChI is InChI=1S/C10H11FN4/c1-12-10-14-13-9(15(10)2)7-3-5-8(11)6-4-7/h3-6H,1-2H3,(H,12,14). The number of hydrogen-bond acceptors (Lipinski definition) is 3. The molecule has 0 bridgehead atoms. The van der Waals surface area contributed by atoms with Crippen molar-refractivity contribution in [1.82, 2.24) is 14.8 Å². The second kappa shape index (κ2) is 3.68. The first-order valence-corrected chi connectivity index (χ1v) is 4.55. The Balaban J connectivity index is 2.45. The van der Waals surface area contributed by atoms with E-state index in [2.05, 4.69) is 15.5 Å². The number of anilines is 1. The summed E-state index contributed by atoms with van der Waals surface area (Å²) in [7, 11) is 3.63. The second-order valence-electron chi connectivity index (χ2n) is 3.16. The number of halogens is 1. The molecule has 1 heterocycles. The van der Waals surface area contributed by atoms with Gasteiger partial charge in [-0.05, 0) is 24.3 Å². The SMILES string of the molecule is CNc1nnc(-c2ccc(F)cc2)n1C. The molecule has 0 saturated carbocycles. The molecular weight excluding hydrogens is 195 g/mol. The quantitative estimate of drug-likeness (QED) is 0.812. The Morgan fingerprint density at radius 3 is 2.40 bits per heavy atom. The topological polar surface area (TPSA) is 42.7 Å². The van der Waals surface area contributed by atoms with Gasteiger partial charge in [-0.3, -0.25) is 4.57 Å². The normalized spacial score (nSPS) is 10.3. The lowest BCUT2D eigenvalue weighted by molar-refractivity contribution is 0.628. The largest absolute Gasteiger partial charge is 0.357 e. The predicted molar refractivity (Wildman–Crippen MR) is 55.9 cm³/mol. The highest BCUT2D eigenvalue weighted by Gasteiger charge is 2.08. The molecule has 2 rings (SSSR count). The molecule has 0 aliphatic rings. The van der Waals surface area contributed by atoms with Gasteiger partial charge in [0, 0.05) is 19.7 Å². The van der Waals surface area contributed by atoms with E-state index >= 15 is 0 Å². The van der Waals surface area contributed by atoms with Crippen molar-refractivity contribution in [3.8, 4) is 11.4 Å². The van der Waals surface area contributed by atoms with Gasteiger partial charge in [0.2, 0.25) is 5.95 Å². The monoisotopic (exact) mass is 206 g/mol. The molecule has 78 valence electrons. The van der Waals surface area contributed by atoms with Gasteiger partial charge >= 0.3 is 0 Å². The molecule has 1 N–H and O–H groups in total. The third-order valence-electron chi connectivity index (χ3n) is 2.20. The summed E-state index contributed by atoms with van der Waals surface area (Å²) in [4.78, 5) is 0. The van der Waals surface area contributed by atoms with E-state index in [0.29, 0.717) is 11.8 Å². The van der Waals surface area contributed by atoms with Crippen molar-refractivity contribution in [2.75, 3.05) is 12.4 Å². The highest BCUT2D eigenvalue weighted by Crippen LogP contribution is 2.18. The van der Waals surface area contributed by atoms with Crippen LogP contribution in [0.15, 0.2) is 24.3 Å². The fourth-order valence-electron chi connectivity index (χ4n) is 1.40. The van der Waals surface area contributed by atoms with Gasteiger partial charge in [-0.2, -0.15) is 0 Å². The van der Waals surface area contributed by atoms with Gasteiger partial charge in [-0.15, -0.1) is 10.2 Å². The van der Waals surface area contributed by atoms with Crippen molar-refractivity contribution in [1.29, 1.82) is 0 Å². The Labute approximate surface area is 86.8 Å². The first-order chi connectivity index (χ1) is 7.22. The molecule has 1 aromatic carbocycles. The Kier molecular flexibility index (Phi) is 2.37. The lowest BCUT2D eigenvalue weighted by atomic mass is 10.2. The van der Waals surface area contributed by atoms with E-state index in [4.69, 9.17) is 0 Å². The Bertz CT molecular complexity index is 461. The maximum atomic E-state index is 12.7. The van der Waals surface area contributed by atoms with Crippen LogP contribution < -0.4 is 5.32 Å². The van der Waals surface area contributed by atoms with Crippen LogP contribution in [0.3, 0.4) is 0 Å². The fourth-order valence-corrected chi connectivity index (χ4v) is 1.40. The van der Waals surface area contributed by atoms with Crippen molar-refractivity contribution in [3.05, 3.63) is 30.1 Å². The Morgan fingerprint density at radius 1 is 1.20 bits per heavy atom. The van der Waals surface area contributed by atoms with Crippen LogP contribution in [0.2, 0.25) is 0 Å². The van der Waals surface area contributed by atoms with Crippen LogP contribution in [0.25, 0.3) is 11.4 Å². The van der Waals surface area contributed by atoms with Gasteiger partial charge in [-0.25, -0.2) is 4.39 Å². The Hall–Kier alpha value is -1.91. The summed E-state index contributed by atoms with van der Waals surface area (Å²) in [5.74, 6) is 1.13. The van der Waals surface area contributed by atoms with Crippen LogP contribution in [0.1, 0.15) is 0 Å². The predicted octanol–water partition coefficient (Wildman–Crippen LogP) is 1.66. The first kappa shape index (κ1) is 9.64. The number of hydrogen-bond donors (Lipinski definition) is 1. The molecule has 0 fully saturated rings. The van der Waals surface area contributed by atoms with E-state index in [1.54, 1.807) is 19.2 Å². The number of aromatic nitrogens is 3. The van der Waals surface area contributed by atoms with Gasteiger partial charge in [0.25, 0.3) is 0 Å². The number of benzene rings is 1. The van der Waals surface area contributed by atoms with Crippen molar-refractivity contribution < 1.29 is 4.39 Å². The van der Waals surface area contributed by atoms with E-state index in [1.165, 1.54) is 12.1 Å². The summed E-state index contributed by atoms with van der Waals surface area (Å²) >= 11 is 0. The highest BCUT2D eigenvalue weighted by atomic mass is 19.1. The summed E-state index contributed by atoms with van der Waals surface area (Å²) in [6.07, 6.45) is 0. The molecule has 5 heteroatoms. The van der Waals surface area contributed by atoms with E-state index in [0.717, 1.165) is 5.56 Å². The molecule has 0 spiro atoms. The van der Waals surface area contributed by atoms with Crippen molar-refractivity contribution in [2.45, 2.75) is 0 Å². The molecule has 0 aliphatic heterocycles. The fraction of sp³-hybridized carbons (Fsp3) is 0.200. The van der Waals surface area contributed by atoms with Crippen LogP contribution >= 0.6 is 0 Å². The minimum absolute atomic E-state index is 0.255. The number of rotatable bonds is 2. The number of nitrogens with one attached hydrogen (secondary N) is 1. The van der Waals surface area contributed by atoms with Crippen molar-refractivity contribution in [2.24, 2.45) is 7.05 Å². The summed E-state index contributed by atoms with van der Waals surface area (Å²) in [6, 6.07) is 6.17. The molecule has 0 saturated heterocycles.